The normalized spacial score (nSPS) is 38.6. The number of hydrogen-bond donors (Lipinski definition) is 1. The minimum atomic E-state index is -0.708. The second-order valence-electron chi connectivity index (χ2n) is 6.55. The third-order valence-electron chi connectivity index (χ3n) is 5.09. The van der Waals surface area contributed by atoms with Crippen LogP contribution in [0.4, 0.5) is 0 Å². The molecular weight excluding hydrogens is 212 g/mol. The van der Waals surface area contributed by atoms with Crippen LogP contribution in [0.25, 0.3) is 0 Å². The van der Waals surface area contributed by atoms with Gasteiger partial charge in [-0.15, -0.1) is 0 Å². The standard InChI is InChI=1S/C15H24O2/c1-10-6-5-7-11-12(16)8-9-13(14(2,3)17)15(10,11)4/h7,10,13,17H,5-6,8-9H2,1-4H3/t10-,13+,15+/m1/s1. The summed E-state index contributed by atoms with van der Waals surface area (Å²) in [5, 5.41) is 10.4. The molecular formula is C15H24O2. The van der Waals surface area contributed by atoms with E-state index in [4.69, 9.17) is 0 Å². The van der Waals surface area contributed by atoms with Crippen molar-refractivity contribution in [3.63, 3.8) is 0 Å². The molecule has 3 atom stereocenters. The van der Waals surface area contributed by atoms with Crippen molar-refractivity contribution in [3.05, 3.63) is 11.6 Å². The summed E-state index contributed by atoms with van der Waals surface area (Å²) in [7, 11) is 0. The summed E-state index contributed by atoms with van der Waals surface area (Å²) >= 11 is 0. The van der Waals surface area contributed by atoms with Crippen molar-refractivity contribution in [3.8, 4) is 0 Å². The van der Waals surface area contributed by atoms with Gasteiger partial charge in [0, 0.05) is 11.8 Å². The van der Waals surface area contributed by atoms with E-state index in [1.54, 1.807) is 0 Å². The van der Waals surface area contributed by atoms with Crippen molar-refractivity contribution in [1.82, 2.24) is 0 Å². The number of hydrogen-bond acceptors (Lipinski definition) is 2. The van der Waals surface area contributed by atoms with Gasteiger partial charge in [-0.1, -0.05) is 19.9 Å². The van der Waals surface area contributed by atoms with Crippen LogP contribution in [0, 0.1) is 17.3 Å². The maximum atomic E-state index is 12.1. The number of aliphatic hydroxyl groups is 1. The van der Waals surface area contributed by atoms with Crippen LogP contribution in [0.15, 0.2) is 11.6 Å². The molecule has 96 valence electrons. The fourth-order valence-corrected chi connectivity index (χ4v) is 4.01. The van der Waals surface area contributed by atoms with E-state index in [2.05, 4.69) is 19.9 Å². The lowest BCUT2D eigenvalue weighted by Gasteiger charge is -2.53. The Morgan fingerprint density at radius 1 is 1.41 bits per heavy atom. The van der Waals surface area contributed by atoms with Crippen molar-refractivity contribution >= 4 is 5.78 Å². The van der Waals surface area contributed by atoms with Gasteiger partial charge in [0.25, 0.3) is 0 Å². The van der Waals surface area contributed by atoms with Crippen LogP contribution in [0.5, 0.6) is 0 Å². The average molecular weight is 236 g/mol. The van der Waals surface area contributed by atoms with E-state index in [0.29, 0.717) is 18.1 Å². The second-order valence-corrected chi connectivity index (χ2v) is 6.55. The van der Waals surface area contributed by atoms with Gasteiger partial charge in [-0.25, -0.2) is 0 Å². The number of fused-ring (bicyclic) bond motifs is 1. The van der Waals surface area contributed by atoms with E-state index in [1.807, 2.05) is 13.8 Å². The monoisotopic (exact) mass is 236 g/mol. The summed E-state index contributed by atoms with van der Waals surface area (Å²) in [5.41, 5.74) is 0.154. The minimum absolute atomic E-state index is 0.133. The van der Waals surface area contributed by atoms with Gasteiger partial charge in [0.15, 0.2) is 5.78 Å². The molecule has 1 saturated carbocycles. The molecule has 2 aliphatic rings. The number of Topliss-reactive ketones (excluding diaryl/α,β-unsaturated/α-hetero) is 1. The van der Waals surface area contributed by atoms with Crippen LogP contribution in [0.3, 0.4) is 0 Å². The Hall–Kier alpha value is -0.630. The highest BCUT2D eigenvalue weighted by Gasteiger charge is 2.52. The quantitative estimate of drug-likeness (QED) is 0.759. The van der Waals surface area contributed by atoms with Gasteiger partial charge < -0.3 is 5.11 Å². The first-order chi connectivity index (χ1) is 7.78. The van der Waals surface area contributed by atoms with Crippen molar-refractivity contribution in [2.45, 2.75) is 59.0 Å². The Kier molecular flexibility index (Phi) is 2.97. The molecule has 0 aromatic rings. The first-order valence-corrected chi connectivity index (χ1v) is 6.74. The van der Waals surface area contributed by atoms with Gasteiger partial charge >= 0.3 is 0 Å². The number of allylic oxidation sites excluding steroid dienone is 2. The number of rotatable bonds is 1. The van der Waals surface area contributed by atoms with Gasteiger partial charge in [0.05, 0.1) is 5.60 Å². The van der Waals surface area contributed by atoms with Gasteiger partial charge in [0.2, 0.25) is 0 Å². The van der Waals surface area contributed by atoms with Crippen LogP contribution in [-0.4, -0.2) is 16.5 Å². The Balaban J connectivity index is 2.48. The number of ketones is 1. The van der Waals surface area contributed by atoms with Crippen molar-refractivity contribution < 1.29 is 9.90 Å². The highest BCUT2D eigenvalue weighted by molar-refractivity contribution is 5.97. The fourth-order valence-electron chi connectivity index (χ4n) is 4.01. The molecule has 0 unspecified atom stereocenters. The molecule has 2 aliphatic carbocycles. The smallest absolute Gasteiger partial charge is 0.159 e. The highest BCUT2D eigenvalue weighted by Crippen LogP contribution is 2.55. The molecule has 17 heavy (non-hydrogen) atoms. The minimum Gasteiger partial charge on any atom is -0.390 e. The zero-order valence-electron chi connectivity index (χ0n) is 11.4. The van der Waals surface area contributed by atoms with E-state index >= 15 is 0 Å². The summed E-state index contributed by atoms with van der Waals surface area (Å²) in [4.78, 5) is 12.1. The summed E-state index contributed by atoms with van der Waals surface area (Å²) < 4.78 is 0. The van der Waals surface area contributed by atoms with Crippen molar-refractivity contribution in [1.29, 1.82) is 0 Å². The Labute approximate surface area is 104 Å². The number of carbonyl (C=O) groups excluding carboxylic acids is 1. The molecule has 0 saturated heterocycles. The molecule has 0 heterocycles. The zero-order chi connectivity index (χ0) is 12.8. The molecule has 0 radical (unpaired) electrons. The van der Waals surface area contributed by atoms with E-state index in [9.17, 15) is 9.90 Å². The third kappa shape index (κ3) is 1.87. The van der Waals surface area contributed by atoms with Crippen molar-refractivity contribution in [2.75, 3.05) is 0 Å². The molecule has 0 amide bonds. The lowest BCUT2D eigenvalue weighted by molar-refractivity contribution is -0.126. The van der Waals surface area contributed by atoms with E-state index in [0.717, 1.165) is 24.8 Å². The van der Waals surface area contributed by atoms with Gasteiger partial charge in [-0.3, -0.25) is 4.79 Å². The zero-order valence-corrected chi connectivity index (χ0v) is 11.4. The van der Waals surface area contributed by atoms with Crippen LogP contribution < -0.4 is 0 Å². The first-order valence-electron chi connectivity index (χ1n) is 6.74. The summed E-state index contributed by atoms with van der Waals surface area (Å²) in [5.74, 6) is 0.969. The summed E-state index contributed by atoms with van der Waals surface area (Å²) in [6.45, 7) is 8.18. The fraction of sp³-hybridized carbons (Fsp3) is 0.800. The van der Waals surface area contributed by atoms with Gasteiger partial charge in [-0.2, -0.15) is 0 Å². The molecule has 1 fully saturated rings. The van der Waals surface area contributed by atoms with Crippen LogP contribution in [-0.2, 0) is 4.79 Å². The molecule has 0 aromatic heterocycles. The predicted octanol–water partition coefficient (Wildman–Crippen LogP) is 3.10. The van der Waals surface area contributed by atoms with Gasteiger partial charge in [0.1, 0.15) is 0 Å². The maximum absolute atomic E-state index is 12.1. The molecule has 0 bridgehead atoms. The Morgan fingerprint density at radius 3 is 2.65 bits per heavy atom. The van der Waals surface area contributed by atoms with E-state index < -0.39 is 5.60 Å². The number of carbonyl (C=O) groups is 1. The molecule has 1 N–H and O–H groups in total. The molecule has 2 heteroatoms. The van der Waals surface area contributed by atoms with Crippen LogP contribution >= 0.6 is 0 Å². The SMILES string of the molecule is C[C@@H]1CCC=C2C(=O)CC[C@@H](C(C)(C)O)[C@]21C. The molecule has 2 rings (SSSR count). The predicted molar refractivity (Wildman–Crippen MR) is 68.6 cm³/mol. The van der Waals surface area contributed by atoms with Crippen LogP contribution in [0.1, 0.15) is 53.4 Å². The summed E-state index contributed by atoms with van der Waals surface area (Å²) in [6, 6.07) is 0. The van der Waals surface area contributed by atoms with Crippen molar-refractivity contribution in [2.24, 2.45) is 17.3 Å². The summed E-state index contributed by atoms with van der Waals surface area (Å²) in [6.07, 6.45) is 5.68. The topological polar surface area (TPSA) is 37.3 Å². The molecule has 0 spiro atoms. The van der Waals surface area contributed by atoms with Gasteiger partial charge in [-0.05, 0) is 50.5 Å². The van der Waals surface area contributed by atoms with E-state index in [1.165, 1.54) is 0 Å². The highest BCUT2D eigenvalue weighted by atomic mass is 16.3. The molecule has 0 aliphatic heterocycles. The molecule has 2 nitrogen and oxygen atoms in total. The van der Waals surface area contributed by atoms with E-state index in [-0.39, 0.29) is 11.3 Å². The average Bonchev–Trinajstić information content (AvgIpc) is 2.19. The maximum Gasteiger partial charge on any atom is 0.159 e. The van der Waals surface area contributed by atoms with Crippen LogP contribution in [0.2, 0.25) is 0 Å². The lowest BCUT2D eigenvalue weighted by atomic mass is 9.52. The lowest BCUT2D eigenvalue weighted by Crippen LogP contribution is -2.52. The third-order valence-corrected chi connectivity index (χ3v) is 5.09. The Morgan fingerprint density at radius 2 is 2.06 bits per heavy atom. The first kappa shape index (κ1) is 12.8. The Bertz CT molecular complexity index is 362. The second kappa shape index (κ2) is 3.94. The largest absolute Gasteiger partial charge is 0.390 e. The molecule has 0 aromatic carbocycles.